The largest absolute Gasteiger partial charge is 0.462 e. The van der Waals surface area contributed by atoms with Gasteiger partial charge >= 0.3 is 5.97 Å². The van der Waals surface area contributed by atoms with Crippen LogP contribution >= 0.6 is 11.3 Å². The topological polar surface area (TPSA) is 68.3 Å². The van der Waals surface area contributed by atoms with Crippen molar-refractivity contribution in [1.29, 1.82) is 0 Å². The Labute approximate surface area is 146 Å². The minimum Gasteiger partial charge on any atom is -0.462 e. The van der Waals surface area contributed by atoms with Gasteiger partial charge in [0.05, 0.1) is 22.9 Å². The molecular formula is C18H22N2O3S. The number of esters is 1. The molecule has 2 rings (SSSR count). The first-order chi connectivity index (χ1) is 11.5. The highest BCUT2D eigenvalue weighted by Crippen LogP contribution is 2.19. The van der Waals surface area contributed by atoms with Gasteiger partial charge in [-0.3, -0.25) is 4.79 Å². The number of anilines is 1. The second-order valence-electron chi connectivity index (χ2n) is 5.67. The van der Waals surface area contributed by atoms with Crippen LogP contribution in [0.3, 0.4) is 0 Å². The predicted octanol–water partition coefficient (Wildman–Crippen LogP) is 4.01. The molecule has 1 heterocycles. The summed E-state index contributed by atoms with van der Waals surface area (Å²) in [6.07, 6.45) is 1.01. The van der Waals surface area contributed by atoms with Gasteiger partial charge in [-0.2, -0.15) is 0 Å². The van der Waals surface area contributed by atoms with Crippen LogP contribution in [0.1, 0.15) is 54.2 Å². The van der Waals surface area contributed by atoms with Gasteiger partial charge in [-0.05, 0) is 37.1 Å². The number of hydrogen-bond acceptors (Lipinski definition) is 5. The SMILES string of the molecule is CCOC(=O)c1ccc(NC(=O)CCc2nc(C(C)C)cs2)cc1. The smallest absolute Gasteiger partial charge is 0.338 e. The number of carbonyl (C=O) groups excluding carboxylic acids is 2. The van der Waals surface area contributed by atoms with Crippen LogP contribution in [0.25, 0.3) is 0 Å². The molecule has 0 saturated carbocycles. The molecule has 0 aliphatic heterocycles. The van der Waals surface area contributed by atoms with Crippen LogP contribution in [0.2, 0.25) is 0 Å². The molecule has 0 unspecified atom stereocenters. The first kappa shape index (κ1) is 18.1. The molecule has 1 aromatic carbocycles. The number of rotatable bonds is 7. The molecule has 0 aliphatic rings. The number of ether oxygens (including phenoxy) is 1. The lowest BCUT2D eigenvalue weighted by atomic mass is 10.2. The number of nitrogens with zero attached hydrogens (tertiary/aromatic N) is 1. The van der Waals surface area contributed by atoms with Gasteiger partial charge < -0.3 is 10.1 Å². The highest BCUT2D eigenvalue weighted by Gasteiger charge is 2.09. The normalized spacial score (nSPS) is 10.7. The summed E-state index contributed by atoms with van der Waals surface area (Å²) in [6.45, 7) is 6.31. The Morgan fingerprint density at radius 3 is 2.54 bits per heavy atom. The summed E-state index contributed by atoms with van der Waals surface area (Å²) in [5.74, 6) is -0.0259. The molecule has 6 heteroatoms. The van der Waals surface area contributed by atoms with Crippen LogP contribution < -0.4 is 5.32 Å². The Kier molecular flexibility index (Phi) is 6.49. The minimum absolute atomic E-state index is 0.0693. The molecule has 2 aromatic rings. The third kappa shape index (κ3) is 5.16. The highest BCUT2D eigenvalue weighted by molar-refractivity contribution is 7.09. The molecule has 0 aliphatic carbocycles. The summed E-state index contributed by atoms with van der Waals surface area (Å²) in [7, 11) is 0. The molecule has 0 bridgehead atoms. The van der Waals surface area contributed by atoms with Gasteiger partial charge in [-0.1, -0.05) is 13.8 Å². The van der Waals surface area contributed by atoms with Gasteiger partial charge in [0.2, 0.25) is 5.91 Å². The van der Waals surface area contributed by atoms with Crippen LogP contribution in [-0.4, -0.2) is 23.5 Å². The molecular weight excluding hydrogens is 324 g/mol. The van der Waals surface area contributed by atoms with Crippen molar-refractivity contribution >= 4 is 28.9 Å². The molecule has 1 N–H and O–H groups in total. The van der Waals surface area contributed by atoms with E-state index in [0.717, 1.165) is 10.7 Å². The van der Waals surface area contributed by atoms with E-state index < -0.39 is 0 Å². The number of nitrogens with one attached hydrogen (secondary N) is 1. The molecule has 24 heavy (non-hydrogen) atoms. The van der Waals surface area contributed by atoms with E-state index in [1.54, 1.807) is 42.5 Å². The van der Waals surface area contributed by atoms with E-state index in [2.05, 4.69) is 24.1 Å². The van der Waals surface area contributed by atoms with Gasteiger partial charge in [-0.15, -0.1) is 11.3 Å². The van der Waals surface area contributed by atoms with Gasteiger partial charge in [0.25, 0.3) is 0 Å². The van der Waals surface area contributed by atoms with Crippen molar-refractivity contribution in [2.75, 3.05) is 11.9 Å². The fourth-order valence-electron chi connectivity index (χ4n) is 2.05. The van der Waals surface area contributed by atoms with Gasteiger partial charge in [0.1, 0.15) is 0 Å². The fourth-order valence-corrected chi connectivity index (χ4v) is 3.01. The van der Waals surface area contributed by atoms with Gasteiger partial charge in [0.15, 0.2) is 0 Å². The van der Waals surface area contributed by atoms with E-state index in [1.165, 1.54) is 0 Å². The molecule has 0 fully saturated rings. The van der Waals surface area contributed by atoms with E-state index in [-0.39, 0.29) is 11.9 Å². The van der Waals surface area contributed by atoms with Gasteiger partial charge in [-0.25, -0.2) is 9.78 Å². The third-order valence-electron chi connectivity index (χ3n) is 3.41. The summed E-state index contributed by atoms with van der Waals surface area (Å²) in [5, 5.41) is 5.85. The average Bonchev–Trinajstić information content (AvgIpc) is 3.03. The molecule has 0 radical (unpaired) electrons. The lowest BCUT2D eigenvalue weighted by molar-refractivity contribution is -0.116. The van der Waals surface area contributed by atoms with Crippen molar-refractivity contribution in [2.45, 2.75) is 39.5 Å². The maximum atomic E-state index is 12.0. The molecule has 0 saturated heterocycles. The number of thiazole rings is 1. The van der Waals surface area contributed by atoms with Crippen molar-refractivity contribution < 1.29 is 14.3 Å². The Bertz CT molecular complexity index is 693. The number of hydrogen-bond donors (Lipinski definition) is 1. The number of aryl methyl sites for hydroxylation is 1. The van der Waals surface area contributed by atoms with Crippen LogP contribution in [0.4, 0.5) is 5.69 Å². The molecule has 0 atom stereocenters. The average molecular weight is 346 g/mol. The summed E-state index contributed by atoms with van der Waals surface area (Å²) < 4.78 is 4.92. The fraction of sp³-hybridized carbons (Fsp3) is 0.389. The first-order valence-electron chi connectivity index (χ1n) is 8.01. The second-order valence-corrected chi connectivity index (χ2v) is 6.61. The van der Waals surface area contributed by atoms with Crippen molar-refractivity contribution in [3.8, 4) is 0 Å². The summed E-state index contributed by atoms with van der Waals surface area (Å²) in [4.78, 5) is 28.1. The van der Waals surface area contributed by atoms with Crippen LogP contribution in [-0.2, 0) is 16.0 Å². The van der Waals surface area contributed by atoms with Crippen LogP contribution in [0.5, 0.6) is 0 Å². The zero-order valence-electron chi connectivity index (χ0n) is 14.2. The quantitative estimate of drug-likeness (QED) is 0.769. The zero-order valence-corrected chi connectivity index (χ0v) is 15.0. The van der Waals surface area contributed by atoms with Crippen molar-refractivity contribution in [1.82, 2.24) is 4.98 Å². The van der Waals surface area contributed by atoms with E-state index >= 15 is 0 Å². The van der Waals surface area contributed by atoms with Crippen LogP contribution in [0, 0.1) is 0 Å². The van der Waals surface area contributed by atoms with Crippen molar-refractivity contribution in [3.63, 3.8) is 0 Å². The third-order valence-corrected chi connectivity index (χ3v) is 4.33. The Morgan fingerprint density at radius 2 is 1.96 bits per heavy atom. The minimum atomic E-state index is -0.361. The monoisotopic (exact) mass is 346 g/mol. The Hall–Kier alpha value is -2.21. The maximum absolute atomic E-state index is 12.0. The first-order valence-corrected chi connectivity index (χ1v) is 8.89. The highest BCUT2D eigenvalue weighted by atomic mass is 32.1. The number of carbonyl (C=O) groups is 2. The summed E-state index contributed by atoms with van der Waals surface area (Å²) in [5.41, 5.74) is 2.21. The van der Waals surface area contributed by atoms with E-state index in [0.29, 0.717) is 36.6 Å². The molecule has 0 spiro atoms. The van der Waals surface area contributed by atoms with E-state index in [1.807, 2.05) is 5.38 Å². The Balaban J connectivity index is 1.84. The maximum Gasteiger partial charge on any atom is 0.338 e. The molecule has 1 aromatic heterocycles. The van der Waals surface area contributed by atoms with Crippen molar-refractivity contribution in [2.24, 2.45) is 0 Å². The number of amides is 1. The predicted molar refractivity (Wildman–Crippen MR) is 95.6 cm³/mol. The molecule has 5 nitrogen and oxygen atoms in total. The van der Waals surface area contributed by atoms with Crippen molar-refractivity contribution in [3.05, 3.63) is 45.9 Å². The lowest BCUT2D eigenvalue weighted by Crippen LogP contribution is -2.12. The number of aromatic nitrogens is 1. The van der Waals surface area contributed by atoms with E-state index in [9.17, 15) is 9.59 Å². The standard InChI is InChI=1S/C18H22N2O3S/c1-4-23-18(22)13-5-7-14(8-6-13)19-16(21)9-10-17-20-15(11-24-17)12(2)3/h5-8,11-12H,4,9-10H2,1-3H3,(H,19,21). The van der Waals surface area contributed by atoms with Crippen LogP contribution in [0.15, 0.2) is 29.6 Å². The molecule has 1 amide bonds. The lowest BCUT2D eigenvalue weighted by Gasteiger charge is -2.06. The second kappa shape index (κ2) is 8.59. The Morgan fingerprint density at radius 1 is 1.25 bits per heavy atom. The molecule has 128 valence electrons. The zero-order chi connectivity index (χ0) is 17.5. The number of benzene rings is 1. The van der Waals surface area contributed by atoms with E-state index in [4.69, 9.17) is 4.74 Å². The van der Waals surface area contributed by atoms with Gasteiger partial charge in [0, 0.05) is 23.9 Å². The summed E-state index contributed by atoms with van der Waals surface area (Å²) >= 11 is 1.59. The summed E-state index contributed by atoms with van der Waals surface area (Å²) in [6, 6.07) is 6.68.